The first-order valence-electron chi connectivity index (χ1n) is 7.80. The number of likely N-dealkylation sites (N-methyl/N-ethyl adjacent to an activating group) is 1. The summed E-state index contributed by atoms with van der Waals surface area (Å²) in [6, 6.07) is 8.46. The summed E-state index contributed by atoms with van der Waals surface area (Å²) in [5.41, 5.74) is 1.00. The van der Waals surface area contributed by atoms with Crippen LogP contribution in [0.4, 0.5) is 11.8 Å². The SMILES string of the molecule is Cc1ccc(S(=O)(=O)Nc2nccc(N3CCN(C)CC3)n2)cc1. The third kappa shape index (κ3) is 3.82. The Hall–Kier alpha value is -2.19. The maximum atomic E-state index is 12.4. The van der Waals surface area contributed by atoms with Gasteiger partial charge in [-0.2, -0.15) is 4.98 Å². The molecule has 2 aromatic rings. The number of aromatic nitrogens is 2. The Morgan fingerprint density at radius 1 is 1.04 bits per heavy atom. The lowest BCUT2D eigenvalue weighted by atomic mass is 10.2. The van der Waals surface area contributed by atoms with E-state index in [2.05, 4.69) is 31.5 Å². The standard InChI is InChI=1S/C16H21N5O2S/c1-13-3-5-14(6-4-13)24(22,23)19-16-17-8-7-15(18-16)21-11-9-20(2)10-12-21/h3-8H,9-12H2,1-2H3,(H,17,18,19). The largest absolute Gasteiger partial charge is 0.354 e. The molecule has 0 amide bonds. The van der Waals surface area contributed by atoms with Crippen molar-refractivity contribution < 1.29 is 8.42 Å². The molecule has 1 aromatic carbocycles. The van der Waals surface area contributed by atoms with Crippen LogP contribution in [0.1, 0.15) is 5.56 Å². The van der Waals surface area contributed by atoms with Crippen LogP contribution in [-0.4, -0.2) is 56.5 Å². The normalized spacial score (nSPS) is 16.2. The van der Waals surface area contributed by atoms with E-state index in [0.717, 1.165) is 37.6 Å². The third-order valence-corrected chi connectivity index (χ3v) is 5.37. The first kappa shape index (κ1) is 16.7. The van der Waals surface area contributed by atoms with Crippen LogP contribution in [0.25, 0.3) is 0 Å². The monoisotopic (exact) mass is 347 g/mol. The molecule has 24 heavy (non-hydrogen) atoms. The van der Waals surface area contributed by atoms with E-state index in [1.165, 1.54) is 0 Å². The number of nitrogens with one attached hydrogen (secondary N) is 1. The van der Waals surface area contributed by atoms with E-state index in [1.807, 2.05) is 6.92 Å². The molecule has 3 rings (SSSR count). The van der Waals surface area contributed by atoms with Crippen LogP contribution in [0.5, 0.6) is 0 Å². The zero-order valence-corrected chi connectivity index (χ0v) is 14.6. The fourth-order valence-electron chi connectivity index (χ4n) is 2.51. The van der Waals surface area contributed by atoms with Crippen molar-refractivity contribution in [3.05, 3.63) is 42.1 Å². The number of piperazine rings is 1. The quantitative estimate of drug-likeness (QED) is 0.899. The van der Waals surface area contributed by atoms with Gasteiger partial charge in [0.1, 0.15) is 5.82 Å². The lowest BCUT2D eigenvalue weighted by Crippen LogP contribution is -2.44. The van der Waals surface area contributed by atoms with Gasteiger partial charge in [-0.05, 0) is 32.2 Å². The van der Waals surface area contributed by atoms with Gasteiger partial charge in [0.2, 0.25) is 5.95 Å². The molecule has 1 N–H and O–H groups in total. The molecule has 1 fully saturated rings. The third-order valence-electron chi connectivity index (χ3n) is 4.03. The minimum absolute atomic E-state index is 0.0898. The maximum absolute atomic E-state index is 12.4. The number of hydrogen-bond acceptors (Lipinski definition) is 6. The average Bonchev–Trinajstić information content (AvgIpc) is 2.56. The van der Waals surface area contributed by atoms with Crippen LogP contribution in [-0.2, 0) is 10.0 Å². The van der Waals surface area contributed by atoms with Crippen molar-refractivity contribution in [1.82, 2.24) is 14.9 Å². The number of hydrogen-bond donors (Lipinski definition) is 1. The average molecular weight is 347 g/mol. The molecule has 0 bridgehead atoms. The van der Waals surface area contributed by atoms with E-state index in [-0.39, 0.29) is 10.8 Å². The highest BCUT2D eigenvalue weighted by molar-refractivity contribution is 7.92. The Kier molecular flexibility index (Phi) is 4.68. The highest BCUT2D eigenvalue weighted by atomic mass is 32.2. The Morgan fingerprint density at radius 3 is 2.38 bits per heavy atom. The van der Waals surface area contributed by atoms with Gasteiger partial charge in [0, 0.05) is 32.4 Å². The van der Waals surface area contributed by atoms with Gasteiger partial charge in [-0.25, -0.2) is 18.1 Å². The van der Waals surface area contributed by atoms with Crippen molar-refractivity contribution in [1.29, 1.82) is 0 Å². The zero-order valence-electron chi connectivity index (χ0n) is 13.8. The second-order valence-corrected chi connectivity index (χ2v) is 7.63. The number of benzene rings is 1. The Morgan fingerprint density at radius 2 is 1.71 bits per heavy atom. The van der Waals surface area contributed by atoms with Gasteiger partial charge in [0.25, 0.3) is 10.0 Å². The topological polar surface area (TPSA) is 78.4 Å². The van der Waals surface area contributed by atoms with Crippen LogP contribution >= 0.6 is 0 Å². The van der Waals surface area contributed by atoms with Crippen LogP contribution in [0.2, 0.25) is 0 Å². The predicted octanol–water partition coefficient (Wildman–Crippen LogP) is 1.34. The minimum atomic E-state index is -3.69. The van der Waals surface area contributed by atoms with Crippen LogP contribution in [0.15, 0.2) is 41.4 Å². The van der Waals surface area contributed by atoms with Gasteiger partial charge in [0.05, 0.1) is 4.90 Å². The number of anilines is 2. The molecule has 0 atom stereocenters. The number of nitrogens with zero attached hydrogens (tertiary/aromatic N) is 4. The highest BCUT2D eigenvalue weighted by Crippen LogP contribution is 2.17. The maximum Gasteiger partial charge on any atom is 0.264 e. The van der Waals surface area contributed by atoms with Crippen molar-refractivity contribution >= 4 is 21.8 Å². The summed E-state index contributed by atoms with van der Waals surface area (Å²) in [4.78, 5) is 13.0. The Bertz CT molecular complexity index is 799. The first-order valence-corrected chi connectivity index (χ1v) is 9.28. The molecule has 128 valence electrons. The molecule has 1 saturated heterocycles. The lowest BCUT2D eigenvalue weighted by Gasteiger charge is -2.33. The van der Waals surface area contributed by atoms with Crippen LogP contribution in [0.3, 0.4) is 0 Å². The molecule has 8 heteroatoms. The molecule has 0 saturated carbocycles. The van der Waals surface area contributed by atoms with Crippen LogP contribution < -0.4 is 9.62 Å². The number of rotatable bonds is 4. The summed E-state index contributed by atoms with van der Waals surface area (Å²) in [6.07, 6.45) is 1.58. The number of aryl methyl sites for hydroxylation is 1. The van der Waals surface area contributed by atoms with E-state index in [9.17, 15) is 8.42 Å². The molecule has 0 radical (unpaired) electrons. The molecule has 1 aliphatic heterocycles. The Labute approximate surface area is 142 Å². The summed E-state index contributed by atoms with van der Waals surface area (Å²) in [5, 5.41) is 0. The molecule has 1 aliphatic rings. The molecule has 7 nitrogen and oxygen atoms in total. The fraction of sp³-hybridized carbons (Fsp3) is 0.375. The lowest BCUT2D eigenvalue weighted by molar-refractivity contribution is 0.312. The van der Waals surface area contributed by atoms with Crippen LogP contribution in [0, 0.1) is 6.92 Å². The molecule has 2 heterocycles. The van der Waals surface area contributed by atoms with Gasteiger partial charge in [-0.1, -0.05) is 17.7 Å². The first-order chi connectivity index (χ1) is 11.4. The molecular weight excluding hydrogens is 326 g/mol. The minimum Gasteiger partial charge on any atom is -0.354 e. The van der Waals surface area contributed by atoms with Gasteiger partial charge in [-0.3, -0.25) is 0 Å². The van der Waals surface area contributed by atoms with Crippen molar-refractivity contribution in [2.75, 3.05) is 42.8 Å². The summed E-state index contributed by atoms with van der Waals surface area (Å²) < 4.78 is 27.3. The molecule has 0 spiro atoms. The van der Waals surface area contributed by atoms with Gasteiger partial charge >= 0.3 is 0 Å². The van der Waals surface area contributed by atoms with Gasteiger partial charge in [-0.15, -0.1) is 0 Å². The van der Waals surface area contributed by atoms with Crippen molar-refractivity contribution in [2.45, 2.75) is 11.8 Å². The Balaban J connectivity index is 1.78. The van der Waals surface area contributed by atoms with Crippen molar-refractivity contribution in [2.24, 2.45) is 0 Å². The van der Waals surface area contributed by atoms with E-state index >= 15 is 0 Å². The highest BCUT2D eigenvalue weighted by Gasteiger charge is 2.18. The predicted molar refractivity (Wildman–Crippen MR) is 93.7 cm³/mol. The van der Waals surface area contributed by atoms with E-state index in [0.29, 0.717) is 0 Å². The van der Waals surface area contributed by atoms with Crippen molar-refractivity contribution in [3.8, 4) is 0 Å². The van der Waals surface area contributed by atoms with Gasteiger partial charge in [0.15, 0.2) is 0 Å². The summed E-state index contributed by atoms with van der Waals surface area (Å²) in [6.45, 7) is 5.53. The summed E-state index contributed by atoms with van der Waals surface area (Å²) in [5.74, 6) is 0.826. The van der Waals surface area contributed by atoms with E-state index in [4.69, 9.17) is 0 Å². The molecular formula is C16H21N5O2S. The zero-order chi connectivity index (χ0) is 17.2. The fourth-order valence-corrected chi connectivity index (χ4v) is 3.46. The summed E-state index contributed by atoms with van der Waals surface area (Å²) >= 11 is 0. The summed E-state index contributed by atoms with van der Waals surface area (Å²) in [7, 11) is -1.61. The van der Waals surface area contributed by atoms with E-state index < -0.39 is 10.0 Å². The molecule has 1 aromatic heterocycles. The number of sulfonamides is 1. The van der Waals surface area contributed by atoms with E-state index in [1.54, 1.807) is 36.5 Å². The van der Waals surface area contributed by atoms with Gasteiger partial charge < -0.3 is 9.80 Å². The molecule has 0 aliphatic carbocycles. The molecule has 0 unspecified atom stereocenters. The second kappa shape index (κ2) is 6.74. The smallest absolute Gasteiger partial charge is 0.264 e. The second-order valence-electron chi connectivity index (χ2n) is 5.95. The van der Waals surface area contributed by atoms with Crippen molar-refractivity contribution in [3.63, 3.8) is 0 Å².